The minimum absolute atomic E-state index is 0.0104. The molecule has 0 fully saturated rings. The van der Waals surface area contributed by atoms with Crippen molar-refractivity contribution in [3.63, 3.8) is 0 Å². The molecule has 1 N–H and O–H groups in total. The molecule has 2 rings (SSSR count). The standard InChI is InChI=1S/C18H14Cl3NO6/c1-9(23)28-15-4-3-10(5-11(15)18(25)26-2)22-17(24)8-27-16-7-13(20)12(19)6-14(16)21/h3-7H,8H2,1-2H3,(H,22,24). The highest BCUT2D eigenvalue weighted by atomic mass is 35.5. The first kappa shape index (κ1) is 21.8. The molecule has 10 heteroatoms. The summed E-state index contributed by atoms with van der Waals surface area (Å²) in [6.45, 7) is 0.819. The molecule has 0 heterocycles. The highest BCUT2D eigenvalue weighted by molar-refractivity contribution is 6.43. The summed E-state index contributed by atoms with van der Waals surface area (Å²) < 4.78 is 14.9. The lowest BCUT2D eigenvalue weighted by atomic mass is 10.1. The fourth-order valence-electron chi connectivity index (χ4n) is 2.08. The number of rotatable bonds is 6. The smallest absolute Gasteiger partial charge is 0.341 e. The number of anilines is 1. The second-order valence-corrected chi connectivity index (χ2v) is 6.55. The van der Waals surface area contributed by atoms with Crippen LogP contribution in [0.5, 0.6) is 11.5 Å². The average Bonchev–Trinajstić information content (AvgIpc) is 2.63. The molecule has 0 aliphatic carbocycles. The molecule has 0 saturated carbocycles. The highest BCUT2D eigenvalue weighted by Crippen LogP contribution is 2.33. The van der Waals surface area contributed by atoms with Crippen molar-refractivity contribution in [2.75, 3.05) is 19.0 Å². The van der Waals surface area contributed by atoms with Crippen molar-refractivity contribution in [1.82, 2.24) is 0 Å². The van der Waals surface area contributed by atoms with Crippen LogP contribution in [-0.2, 0) is 14.3 Å². The van der Waals surface area contributed by atoms with Crippen LogP contribution in [0.15, 0.2) is 30.3 Å². The number of esters is 2. The SMILES string of the molecule is COC(=O)c1cc(NC(=O)COc2cc(Cl)c(Cl)cc2Cl)ccc1OC(C)=O. The van der Waals surface area contributed by atoms with Gasteiger partial charge in [-0.25, -0.2) is 4.79 Å². The van der Waals surface area contributed by atoms with Gasteiger partial charge >= 0.3 is 11.9 Å². The van der Waals surface area contributed by atoms with Crippen LogP contribution in [0.1, 0.15) is 17.3 Å². The second kappa shape index (κ2) is 9.64. The van der Waals surface area contributed by atoms with E-state index in [1.54, 1.807) is 0 Å². The molecule has 0 spiro atoms. The molecule has 0 bridgehead atoms. The van der Waals surface area contributed by atoms with E-state index in [-0.39, 0.29) is 44.4 Å². The van der Waals surface area contributed by atoms with Gasteiger partial charge in [0.1, 0.15) is 17.1 Å². The third kappa shape index (κ3) is 5.76. The maximum absolute atomic E-state index is 12.1. The van der Waals surface area contributed by atoms with Crippen molar-refractivity contribution < 1.29 is 28.6 Å². The molecule has 28 heavy (non-hydrogen) atoms. The fraction of sp³-hybridized carbons (Fsp3) is 0.167. The Morgan fingerprint density at radius 1 is 0.964 bits per heavy atom. The Hall–Kier alpha value is -2.48. The first-order valence-corrected chi connectivity index (χ1v) is 8.82. The molecular weight excluding hydrogens is 433 g/mol. The van der Waals surface area contributed by atoms with Crippen LogP contribution in [0, 0.1) is 0 Å². The Bertz CT molecular complexity index is 932. The van der Waals surface area contributed by atoms with Crippen LogP contribution < -0.4 is 14.8 Å². The maximum Gasteiger partial charge on any atom is 0.341 e. The first-order valence-electron chi connectivity index (χ1n) is 7.69. The molecule has 0 aliphatic rings. The second-order valence-electron chi connectivity index (χ2n) is 5.33. The molecule has 0 unspecified atom stereocenters. The monoisotopic (exact) mass is 445 g/mol. The normalized spacial score (nSPS) is 10.2. The van der Waals surface area contributed by atoms with Crippen molar-refractivity contribution in [3.05, 3.63) is 51.0 Å². The van der Waals surface area contributed by atoms with Gasteiger partial charge in [-0.1, -0.05) is 34.8 Å². The summed E-state index contributed by atoms with van der Waals surface area (Å²) >= 11 is 17.7. The zero-order valence-corrected chi connectivity index (χ0v) is 16.9. The Morgan fingerprint density at radius 3 is 2.29 bits per heavy atom. The lowest BCUT2D eigenvalue weighted by Gasteiger charge is -2.12. The molecule has 2 aromatic rings. The number of carbonyl (C=O) groups excluding carboxylic acids is 3. The van der Waals surface area contributed by atoms with Gasteiger partial charge in [-0.15, -0.1) is 0 Å². The lowest BCUT2D eigenvalue weighted by molar-refractivity contribution is -0.131. The molecule has 148 valence electrons. The average molecular weight is 447 g/mol. The van der Waals surface area contributed by atoms with Crippen LogP contribution in [-0.4, -0.2) is 31.6 Å². The Labute approximate surface area is 175 Å². The number of carbonyl (C=O) groups is 3. The van der Waals surface area contributed by atoms with Crippen molar-refractivity contribution in [2.24, 2.45) is 0 Å². The zero-order chi connectivity index (χ0) is 20.8. The van der Waals surface area contributed by atoms with Crippen LogP contribution >= 0.6 is 34.8 Å². The van der Waals surface area contributed by atoms with E-state index in [0.29, 0.717) is 0 Å². The lowest BCUT2D eigenvalue weighted by Crippen LogP contribution is -2.20. The summed E-state index contributed by atoms with van der Waals surface area (Å²) in [6.07, 6.45) is 0. The van der Waals surface area contributed by atoms with Crippen molar-refractivity contribution >= 4 is 58.3 Å². The number of halogens is 3. The number of benzene rings is 2. The minimum Gasteiger partial charge on any atom is -0.482 e. The number of methoxy groups -OCH3 is 1. The van der Waals surface area contributed by atoms with E-state index in [0.717, 1.165) is 0 Å². The Morgan fingerprint density at radius 2 is 1.64 bits per heavy atom. The van der Waals surface area contributed by atoms with E-state index in [9.17, 15) is 14.4 Å². The molecule has 0 aromatic heterocycles. The summed E-state index contributed by atoms with van der Waals surface area (Å²) in [7, 11) is 1.18. The number of amides is 1. The zero-order valence-electron chi connectivity index (χ0n) is 14.7. The van der Waals surface area contributed by atoms with Gasteiger partial charge in [-0.2, -0.15) is 0 Å². The molecule has 1 amide bonds. The minimum atomic E-state index is -0.730. The summed E-state index contributed by atoms with van der Waals surface area (Å²) in [4.78, 5) is 35.1. The number of hydrogen-bond donors (Lipinski definition) is 1. The van der Waals surface area contributed by atoms with Gasteiger partial charge < -0.3 is 19.5 Å². The van der Waals surface area contributed by atoms with Gasteiger partial charge in [0, 0.05) is 18.7 Å². The van der Waals surface area contributed by atoms with E-state index >= 15 is 0 Å². The summed E-state index contributed by atoms with van der Waals surface area (Å²) in [6, 6.07) is 6.92. The highest BCUT2D eigenvalue weighted by Gasteiger charge is 2.17. The summed E-state index contributed by atoms with van der Waals surface area (Å²) in [5, 5.41) is 3.22. The van der Waals surface area contributed by atoms with Gasteiger partial charge in [0.05, 0.1) is 22.2 Å². The van der Waals surface area contributed by atoms with E-state index < -0.39 is 17.8 Å². The van der Waals surface area contributed by atoms with Crippen molar-refractivity contribution in [3.8, 4) is 11.5 Å². The van der Waals surface area contributed by atoms with Crippen LogP contribution in [0.3, 0.4) is 0 Å². The van der Waals surface area contributed by atoms with E-state index in [1.807, 2.05) is 0 Å². The van der Waals surface area contributed by atoms with Gasteiger partial charge in [-0.05, 0) is 24.3 Å². The number of nitrogens with one attached hydrogen (secondary N) is 1. The summed E-state index contributed by atoms with van der Waals surface area (Å²) in [5.41, 5.74) is 0.245. The fourth-order valence-corrected chi connectivity index (χ4v) is 2.67. The molecule has 0 aliphatic heterocycles. The predicted molar refractivity (Wildman–Crippen MR) is 105 cm³/mol. The maximum atomic E-state index is 12.1. The molecule has 0 radical (unpaired) electrons. The molecule has 0 saturated heterocycles. The van der Waals surface area contributed by atoms with Gasteiger partial charge in [0.2, 0.25) is 0 Å². The van der Waals surface area contributed by atoms with Gasteiger partial charge in [-0.3, -0.25) is 9.59 Å². The van der Waals surface area contributed by atoms with Crippen molar-refractivity contribution in [2.45, 2.75) is 6.92 Å². The number of hydrogen-bond acceptors (Lipinski definition) is 6. The van der Waals surface area contributed by atoms with Gasteiger partial charge in [0.25, 0.3) is 5.91 Å². The van der Waals surface area contributed by atoms with Crippen molar-refractivity contribution in [1.29, 1.82) is 0 Å². The summed E-state index contributed by atoms with van der Waals surface area (Å²) in [5.74, 6) is -1.67. The van der Waals surface area contributed by atoms with Crippen LogP contribution in [0.4, 0.5) is 5.69 Å². The van der Waals surface area contributed by atoms with E-state index in [1.165, 1.54) is 44.4 Å². The number of ether oxygens (including phenoxy) is 3. The van der Waals surface area contributed by atoms with Gasteiger partial charge in [0.15, 0.2) is 6.61 Å². The first-order chi connectivity index (χ1) is 13.2. The molecular formula is C18H14Cl3NO6. The van der Waals surface area contributed by atoms with E-state index in [2.05, 4.69) is 10.1 Å². The predicted octanol–water partition coefficient (Wildman–Crippen LogP) is 4.38. The van der Waals surface area contributed by atoms with E-state index in [4.69, 9.17) is 44.3 Å². The quantitative estimate of drug-likeness (QED) is 0.402. The van der Waals surface area contributed by atoms with Crippen LogP contribution in [0.25, 0.3) is 0 Å². The third-order valence-corrected chi connectivity index (χ3v) is 4.27. The molecule has 0 atom stereocenters. The van der Waals surface area contributed by atoms with Crippen LogP contribution in [0.2, 0.25) is 15.1 Å². The molecule has 2 aromatic carbocycles. The Balaban J connectivity index is 2.10. The topological polar surface area (TPSA) is 90.9 Å². The Kier molecular flexibility index (Phi) is 7.51. The third-order valence-electron chi connectivity index (χ3n) is 3.26. The molecule has 7 nitrogen and oxygen atoms in total. The largest absolute Gasteiger partial charge is 0.482 e.